The highest BCUT2D eigenvalue weighted by Crippen LogP contribution is 2.22. The molecule has 0 aliphatic carbocycles. The van der Waals surface area contributed by atoms with E-state index in [0.717, 1.165) is 60.5 Å². The fourth-order valence-electron chi connectivity index (χ4n) is 4.78. The number of alkyl carbamates (subject to hydrolysis) is 1. The first-order valence-electron chi connectivity index (χ1n) is 14.2. The van der Waals surface area contributed by atoms with Gasteiger partial charge in [0.1, 0.15) is 17.5 Å². The largest absolute Gasteiger partial charge is 0.444 e. The monoisotopic (exact) mass is 555 g/mol. The van der Waals surface area contributed by atoms with Crippen molar-refractivity contribution >= 4 is 45.8 Å². The Labute approximate surface area is 239 Å². The van der Waals surface area contributed by atoms with Crippen LogP contribution in [0.15, 0.2) is 30.3 Å². The van der Waals surface area contributed by atoms with E-state index in [1.165, 1.54) is 5.56 Å². The molecule has 2 aromatic rings. The third-order valence-electron chi connectivity index (χ3n) is 6.98. The normalized spacial score (nSPS) is 14.9. The quantitative estimate of drug-likeness (QED) is 0.398. The van der Waals surface area contributed by atoms with Gasteiger partial charge in [-0.15, -0.1) is 0 Å². The van der Waals surface area contributed by atoms with Crippen LogP contribution in [0.25, 0.3) is 10.9 Å². The Balaban J connectivity index is 1.51. The van der Waals surface area contributed by atoms with Gasteiger partial charge in [0.05, 0.1) is 5.52 Å². The van der Waals surface area contributed by atoms with Crippen LogP contribution in [0.1, 0.15) is 59.9 Å². The van der Waals surface area contributed by atoms with Gasteiger partial charge in [0.15, 0.2) is 0 Å². The molecule has 1 saturated heterocycles. The first-order valence-corrected chi connectivity index (χ1v) is 14.6. The molecule has 0 unspecified atom stereocenters. The summed E-state index contributed by atoms with van der Waals surface area (Å²) in [6.07, 6.45) is 2.33. The summed E-state index contributed by atoms with van der Waals surface area (Å²) in [7, 11) is 0. The number of rotatable bonds is 11. The molecular formula is C30H45N5O3S. The van der Waals surface area contributed by atoms with Gasteiger partial charge in [-0.3, -0.25) is 4.79 Å². The zero-order valence-electron chi connectivity index (χ0n) is 24.5. The van der Waals surface area contributed by atoms with Gasteiger partial charge in [-0.2, -0.15) is 0 Å². The van der Waals surface area contributed by atoms with Gasteiger partial charge in [-0.05, 0) is 94.9 Å². The van der Waals surface area contributed by atoms with Crippen LogP contribution in [0.5, 0.6) is 0 Å². The zero-order valence-corrected chi connectivity index (χ0v) is 25.3. The molecule has 2 amide bonds. The zero-order chi connectivity index (χ0) is 28.6. The lowest BCUT2D eigenvalue weighted by atomic mass is 10.0. The maximum Gasteiger partial charge on any atom is 0.408 e. The highest BCUT2D eigenvalue weighted by atomic mass is 32.1. The fraction of sp³-hybridized carbons (Fsp3) is 0.600. The molecule has 2 heterocycles. The topological polar surface area (TPSA) is 78.0 Å². The Hall–Kier alpha value is -2.78. The lowest BCUT2D eigenvalue weighted by Gasteiger charge is -2.36. The number of aromatic nitrogens is 1. The van der Waals surface area contributed by atoms with Crippen molar-refractivity contribution in [3.63, 3.8) is 0 Å². The van der Waals surface area contributed by atoms with E-state index in [-0.39, 0.29) is 5.91 Å². The van der Waals surface area contributed by atoms with Crippen molar-refractivity contribution in [2.45, 2.75) is 72.4 Å². The number of amides is 2. The Kier molecular flexibility index (Phi) is 11.1. The molecule has 1 atom stereocenters. The molecule has 0 saturated carbocycles. The lowest BCUT2D eigenvalue weighted by Crippen LogP contribution is -2.54. The third-order valence-corrected chi connectivity index (χ3v) is 7.33. The fourth-order valence-corrected chi connectivity index (χ4v) is 5.09. The van der Waals surface area contributed by atoms with Crippen molar-refractivity contribution in [1.29, 1.82) is 0 Å². The predicted molar refractivity (Wildman–Crippen MR) is 163 cm³/mol. The number of hydrogen-bond acceptors (Lipinski definition) is 7. The standard InChI is InChI=1S/C30H45N5O3S/c1-7-33(8-2)15-9-10-25(39)21-23-11-13-26-24(20-23)12-14-27(32-26)34-16-18-35(19-17-34)28(36)22(3)31-29(37)38-30(4,5)6/h11-14,20,22H,7-10,15-19,21H2,1-6H3,(H,31,37)/t22-/m0/s1. The number of pyridine rings is 1. The molecule has 3 rings (SSSR count). The number of benzene rings is 1. The number of anilines is 1. The van der Waals surface area contributed by atoms with E-state index in [2.05, 4.69) is 59.3 Å². The number of carbonyl (C=O) groups excluding carboxylic acids is 2. The number of carbonyl (C=O) groups is 2. The van der Waals surface area contributed by atoms with Crippen molar-refractivity contribution in [3.8, 4) is 0 Å². The average molecular weight is 556 g/mol. The molecule has 1 N–H and O–H groups in total. The number of piperazine rings is 1. The first-order chi connectivity index (χ1) is 18.5. The van der Waals surface area contributed by atoms with Gasteiger partial charge < -0.3 is 24.8 Å². The first kappa shape index (κ1) is 30.8. The molecule has 0 spiro atoms. The van der Waals surface area contributed by atoms with Crippen molar-refractivity contribution in [1.82, 2.24) is 20.1 Å². The summed E-state index contributed by atoms with van der Waals surface area (Å²) >= 11 is 5.68. The number of hydrogen-bond donors (Lipinski definition) is 1. The molecule has 39 heavy (non-hydrogen) atoms. The SMILES string of the molecule is CCN(CC)CCCC(=S)Cc1ccc2nc(N3CCN(C(=O)[C@H](C)NC(=O)OC(C)(C)C)CC3)ccc2c1. The van der Waals surface area contributed by atoms with Gasteiger partial charge >= 0.3 is 6.09 Å². The van der Waals surface area contributed by atoms with Gasteiger partial charge in [0, 0.05) is 38.0 Å². The lowest BCUT2D eigenvalue weighted by molar-refractivity contribution is -0.133. The minimum absolute atomic E-state index is 0.106. The number of nitrogens with one attached hydrogen (secondary N) is 1. The van der Waals surface area contributed by atoms with E-state index in [1.807, 2.05) is 0 Å². The van der Waals surface area contributed by atoms with E-state index in [0.29, 0.717) is 26.2 Å². The van der Waals surface area contributed by atoms with Crippen molar-refractivity contribution < 1.29 is 14.3 Å². The van der Waals surface area contributed by atoms with Crippen LogP contribution in [0.2, 0.25) is 0 Å². The van der Waals surface area contributed by atoms with E-state index in [4.69, 9.17) is 21.9 Å². The van der Waals surface area contributed by atoms with E-state index in [9.17, 15) is 9.59 Å². The maximum absolute atomic E-state index is 12.9. The third kappa shape index (κ3) is 9.42. The van der Waals surface area contributed by atoms with Crippen LogP contribution in [0.4, 0.5) is 10.6 Å². The number of nitrogens with zero attached hydrogens (tertiary/aromatic N) is 4. The molecule has 0 bridgehead atoms. The van der Waals surface area contributed by atoms with Crippen molar-refractivity contribution in [2.75, 3.05) is 50.7 Å². The average Bonchev–Trinajstić information content (AvgIpc) is 2.89. The van der Waals surface area contributed by atoms with Crippen LogP contribution >= 0.6 is 12.2 Å². The van der Waals surface area contributed by atoms with E-state index < -0.39 is 17.7 Å². The summed E-state index contributed by atoms with van der Waals surface area (Å²) in [6.45, 7) is 17.3. The van der Waals surface area contributed by atoms with Crippen LogP contribution in [-0.4, -0.2) is 89.1 Å². The van der Waals surface area contributed by atoms with Crippen LogP contribution in [0, 0.1) is 0 Å². The second-order valence-electron chi connectivity index (χ2n) is 11.2. The minimum atomic E-state index is -0.644. The summed E-state index contributed by atoms with van der Waals surface area (Å²) in [5.74, 6) is 0.805. The van der Waals surface area contributed by atoms with Crippen LogP contribution < -0.4 is 10.2 Å². The minimum Gasteiger partial charge on any atom is -0.444 e. The van der Waals surface area contributed by atoms with Gasteiger partial charge in [-0.1, -0.05) is 32.1 Å². The molecule has 9 heteroatoms. The molecule has 0 radical (unpaired) electrons. The predicted octanol–water partition coefficient (Wildman–Crippen LogP) is 4.83. The molecule has 1 aromatic heterocycles. The smallest absolute Gasteiger partial charge is 0.408 e. The molecular weight excluding hydrogens is 510 g/mol. The second kappa shape index (κ2) is 14.0. The highest BCUT2D eigenvalue weighted by molar-refractivity contribution is 7.80. The second-order valence-corrected chi connectivity index (χ2v) is 11.8. The van der Waals surface area contributed by atoms with E-state index >= 15 is 0 Å². The molecule has 1 fully saturated rings. The van der Waals surface area contributed by atoms with Gasteiger partial charge in [0.2, 0.25) is 5.91 Å². The molecule has 1 aliphatic heterocycles. The number of fused-ring (bicyclic) bond motifs is 1. The molecule has 1 aliphatic rings. The number of ether oxygens (including phenoxy) is 1. The number of thiocarbonyl (C=S) groups is 1. The molecule has 8 nitrogen and oxygen atoms in total. The van der Waals surface area contributed by atoms with E-state index in [1.54, 1.807) is 32.6 Å². The Bertz CT molecular complexity index is 1140. The summed E-state index contributed by atoms with van der Waals surface area (Å²) in [6, 6.07) is 9.93. The maximum atomic E-state index is 12.9. The summed E-state index contributed by atoms with van der Waals surface area (Å²) in [5.41, 5.74) is 1.58. The van der Waals surface area contributed by atoms with Gasteiger partial charge in [-0.25, -0.2) is 9.78 Å². The Morgan fingerprint density at radius 3 is 2.44 bits per heavy atom. The summed E-state index contributed by atoms with van der Waals surface area (Å²) in [4.78, 5) is 37.3. The highest BCUT2D eigenvalue weighted by Gasteiger charge is 2.27. The van der Waals surface area contributed by atoms with Crippen LogP contribution in [0.3, 0.4) is 0 Å². The van der Waals surface area contributed by atoms with Crippen molar-refractivity contribution in [3.05, 3.63) is 35.9 Å². The Morgan fingerprint density at radius 2 is 1.79 bits per heavy atom. The van der Waals surface area contributed by atoms with Crippen LogP contribution in [-0.2, 0) is 16.0 Å². The summed E-state index contributed by atoms with van der Waals surface area (Å²) in [5, 5.41) is 3.75. The van der Waals surface area contributed by atoms with Crippen molar-refractivity contribution in [2.24, 2.45) is 0 Å². The molecule has 1 aromatic carbocycles. The molecule has 214 valence electrons. The van der Waals surface area contributed by atoms with Gasteiger partial charge in [0.25, 0.3) is 0 Å². The Morgan fingerprint density at radius 1 is 1.10 bits per heavy atom. The summed E-state index contributed by atoms with van der Waals surface area (Å²) < 4.78 is 5.27.